The van der Waals surface area contributed by atoms with E-state index in [1.807, 2.05) is 7.11 Å². The molecule has 0 radical (unpaired) electrons. The number of aliphatic hydroxyl groups is 1. The molecule has 1 fully saturated rings. The van der Waals surface area contributed by atoms with E-state index < -0.39 is 6.10 Å². The minimum atomic E-state index is -0.947. The second-order valence-electron chi connectivity index (χ2n) is 10.2. The Labute approximate surface area is 202 Å². The average Bonchev–Trinajstić information content (AvgIpc) is 2.81. The zero-order valence-corrected chi connectivity index (χ0v) is 21.6. The molecule has 1 rings (SSSR count). The van der Waals surface area contributed by atoms with Crippen LogP contribution in [0, 0.1) is 11.8 Å². The van der Waals surface area contributed by atoms with Crippen LogP contribution in [-0.4, -0.2) is 49.5 Å². The number of ether oxygens (including phenoxy) is 2. The number of hydrogen-bond donors (Lipinski definition) is 3. The largest absolute Gasteiger partial charge is 0.400 e. The minimum absolute atomic E-state index is 0.00253. The summed E-state index contributed by atoms with van der Waals surface area (Å²) in [5, 5.41) is 9.84. The molecule has 194 valence electrons. The fraction of sp³-hybridized carbons (Fsp3) is 0.889. The third kappa shape index (κ3) is 14.1. The van der Waals surface area contributed by atoms with Gasteiger partial charge in [0.1, 0.15) is 6.29 Å². The first-order valence-electron chi connectivity index (χ1n) is 13.4. The minimum Gasteiger partial charge on any atom is -0.400 e. The van der Waals surface area contributed by atoms with Crippen LogP contribution in [0.5, 0.6) is 0 Å². The predicted molar refractivity (Wildman–Crippen MR) is 136 cm³/mol. The molecule has 33 heavy (non-hydrogen) atoms. The quantitative estimate of drug-likeness (QED) is 0.184. The molecule has 0 aromatic carbocycles. The van der Waals surface area contributed by atoms with Crippen molar-refractivity contribution in [3.63, 3.8) is 0 Å². The second kappa shape index (κ2) is 18.4. The molecule has 6 nitrogen and oxygen atoms in total. The summed E-state index contributed by atoms with van der Waals surface area (Å²) < 4.78 is 11.9. The smallest absolute Gasteiger partial charge is 0.122 e. The number of aliphatic hydroxyl groups excluding tert-OH is 1. The summed E-state index contributed by atoms with van der Waals surface area (Å²) in [5.74, 6) is 1.46. The highest BCUT2D eigenvalue weighted by atomic mass is 16.5. The van der Waals surface area contributed by atoms with Crippen LogP contribution in [-0.2, 0) is 14.3 Å². The van der Waals surface area contributed by atoms with Crippen molar-refractivity contribution in [1.82, 2.24) is 0 Å². The fourth-order valence-corrected chi connectivity index (χ4v) is 4.76. The number of unbranched alkanes of at least 4 members (excludes halogenated alkanes) is 2. The molecule has 3 unspecified atom stereocenters. The molecule has 1 saturated carbocycles. The zero-order valence-electron chi connectivity index (χ0n) is 21.6. The van der Waals surface area contributed by atoms with Gasteiger partial charge in [-0.1, -0.05) is 39.5 Å². The fourth-order valence-electron chi connectivity index (χ4n) is 4.76. The number of methoxy groups -OCH3 is 1. The van der Waals surface area contributed by atoms with Gasteiger partial charge in [-0.3, -0.25) is 0 Å². The second-order valence-corrected chi connectivity index (χ2v) is 10.2. The Balaban J connectivity index is 2.50. The van der Waals surface area contributed by atoms with Crippen LogP contribution in [0.2, 0.25) is 0 Å². The highest BCUT2D eigenvalue weighted by Crippen LogP contribution is 2.30. The Bertz CT molecular complexity index is 520. The van der Waals surface area contributed by atoms with Crippen molar-refractivity contribution in [3.05, 3.63) is 11.8 Å². The summed E-state index contributed by atoms with van der Waals surface area (Å²) in [5.41, 5.74) is 12.4. The van der Waals surface area contributed by atoms with Crippen molar-refractivity contribution >= 4 is 6.29 Å². The molecule has 5 N–H and O–H groups in total. The number of hydrogen-bond acceptors (Lipinski definition) is 6. The van der Waals surface area contributed by atoms with Gasteiger partial charge in [-0.2, -0.15) is 0 Å². The van der Waals surface area contributed by atoms with E-state index in [0.29, 0.717) is 18.3 Å². The van der Waals surface area contributed by atoms with Gasteiger partial charge in [-0.15, -0.1) is 0 Å². The molecule has 4 atom stereocenters. The molecule has 0 aromatic heterocycles. The molecule has 0 amide bonds. The maximum atomic E-state index is 10.6. The van der Waals surface area contributed by atoms with Gasteiger partial charge in [0, 0.05) is 31.9 Å². The van der Waals surface area contributed by atoms with Crippen molar-refractivity contribution in [2.24, 2.45) is 23.3 Å². The van der Waals surface area contributed by atoms with E-state index in [4.69, 9.17) is 20.9 Å². The van der Waals surface area contributed by atoms with Crippen LogP contribution in [0.1, 0.15) is 104 Å². The van der Waals surface area contributed by atoms with E-state index in [0.717, 1.165) is 38.2 Å². The number of aldehydes is 1. The lowest BCUT2D eigenvalue weighted by atomic mass is 9.83. The molecule has 0 heterocycles. The SMILES string of the molecule is CCCCC[C@H](C)CCOC(CCC(N)/C=C(\N)C(O)CC=O)CCC1CCC(OC)CC1. The Hall–Kier alpha value is -0.950. The maximum absolute atomic E-state index is 10.6. The first-order valence-corrected chi connectivity index (χ1v) is 13.4. The molecule has 6 heteroatoms. The standard InChI is InChI=1S/C27H52N2O4/c1-4-5-6-7-21(2)17-19-33-25(14-10-22-8-12-24(32-3)13-9-22)15-11-23(28)20-26(29)27(31)16-18-30/h18,20-25,27,31H,4-17,19,28-29H2,1-3H3/b26-20-/t21-,22?,23?,24?,25?,27?/m0/s1. The molecule has 1 aliphatic rings. The van der Waals surface area contributed by atoms with Gasteiger partial charge in [0.2, 0.25) is 0 Å². The lowest BCUT2D eigenvalue weighted by Gasteiger charge is -2.29. The summed E-state index contributed by atoms with van der Waals surface area (Å²) in [7, 11) is 1.82. The van der Waals surface area contributed by atoms with E-state index in [-0.39, 0.29) is 24.3 Å². The summed E-state index contributed by atoms with van der Waals surface area (Å²) >= 11 is 0. The first-order chi connectivity index (χ1) is 15.9. The van der Waals surface area contributed by atoms with Crippen LogP contribution in [0.4, 0.5) is 0 Å². The first kappa shape index (κ1) is 30.1. The van der Waals surface area contributed by atoms with Crippen LogP contribution >= 0.6 is 0 Å². The molecule has 0 saturated heterocycles. The molecule has 1 aliphatic carbocycles. The van der Waals surface area contributed by atoms with Crippen molar-refractivity contribution in [3.8, 4) is 0 Å². The maximum Gasteiger partial charge on any atom is 0.122 e. The summed E-state index contributed by atoms with van der Waals surface area (Å²) in [6, 6.07) is -0.248. The molecule has 0 spiro atoms. The van der Waals surface area contributed by atoms with Crippen molar-refractivity contribution in [1.29, 1.82) is 0 Å². The molecular weight excluding hydrogens is 416 g/mol. The Kier molecular flexibility index (Phi) is 16.8. The van der Waals surface area contributed by atoms with E-state index >= 15 is 0 Å². The van der Waals surface area contributed by atoms with Gasteiger partial charge in [0.05, 0.1) is 18.3 Å². The molecule has 0 aliphatic heterocycles. The van der Waals surface area contributed by atoms with E-state index in [1.165, 1.54) is 57.8 Å². The highest BCUT2D eigenvalue weighted by molar-refractivity contribution is 5.51. The molecular formula is C27H52N2O4. The molecule has 0 aromatic rings. The zero-order chi connectivity index (χ0) is 24.5. The highest BCUT2D eigenvalue weighted by Gasteiger charge is 2.22. The number of nitrogens with two attached hydrogens (primary N) is 2. The Morgan fingerprint density at radius 3 is 2.45 bits per heavy atom. The van der Waals surface area contributed by atoms with E-state index in [9.17, 15) is 9.90 Å². The predicted octanol–water partition coefficient (Wildman–Crippen LogP) is 4.86. The Morgan fingerprint density at radius 1 is 1.09 bits per heavy atom. The van der Waals surface area contributed by atoms with Crippen LogP contribution < -0.4 is 11.5 Å². The van der Waals surface area contributed by atoms with E-state index in [2.05, 4.69) is 13.8 Å². The number of rotatable bonds is 19. The lowest BCUT2D eigenvalue weighted by molar-refractivity contribution is -0.109. The van der Waals surface area contributed by atoms with Crippen molar-refractivity contribution < 1.29 is 19.4 Å². The van der Waals surface area contributed by atoms with Gasteiger partial charge >= 0.3 is 0 Å². The van der Waals surface area contributed by atoms with Gasteiger partial charge in [0.25, 0.3) is 0 Å². The van der Waals surface area contributed by atoms with Crippen LogP contribution in [0.25, 0.3) is 0 Å². The van der Waals surface area contributed by atoms with Gasteiger partial charge in [0.15, 0.2) is 0 Å². The van der Waals surface area contributed by atoms with Gasteiger partial charge in [-0.05, 0) is 75.7 Å². The van der Waals surface area contributed by atoms with Crippen molar-refractivity contribution in [2.75, 3.05) is 13.7 Å². The van der Waals surface area contributed by atoms with Crippen LogP contribution in [0.15, 0.2) is 11.8 Å². The average molecular weight is 469 g/mol. The van der Waals surface area contributed by atoms with E-state index in [1.54, 1.807) is 6.08 Å². The number of carbonyl (C=O) groups excluding carboxylic acids is 1. The summed E-state index contributed by atoms with van der Waals surface area (Å²) in [6.45, 7) is 5.38. The third-order valence-corrected chi connectivity index (χ3v) is 7.22. The topological polar surface area (TPSA) is 108 Å². The monoisotopic (exact) mass is 468 g/mol. The van der Waals surface area contributed by atoms with Gasteiger partial charge in [-0.25, -0.2) is 0 Å². The summed E-state index contributed by atoms with van der Waals surface area (Å²) in [4.78, 5) is 10.6. The molecule has 0 bridgehead atoms. The summed E-state index contributed by atoms with van der Waals surface area (Å²) in [6.07, 6.45) is 17.0. The third-order valence-electron chi connectivity index (χ3n) is 7.22. The van der Waals surface area contributed by atoms with Crippen LogP contribution in [0.3, 0.4) is 0 Å². The van der Waals surface area contributed by atoms with Crippen molar-refractivity contribution in [2.45, 2.75) is 128 Å². The number of carbonyl (C=O) groups is 1. The Morgan fingerprint density at radius 2 is 1.82 bits per heavy atom. The lowest BCUT2D eigenvalue weighted by Crippen LogP contribution is -2.27. The normalized spacial score (nSPS) is 23.1. The van der Waals surface area contributed by atoms with Gasteiger partial charge < -0.3 is 30.8 Å².